The molecule has 342 valence electrons. The summed E-state index contributed by atoms with van der Waals surface area (Å²) in [5.74, 6) is -0.581. The summed E-state index contributed by atoms with van der Waals surface area (Å²) in [6.45, 7) is 4.02. The molecule has 0 radical (unpaired) electrons. The summed E-state index contributed by atoms with van der Waals surface area (Å²) >= 11 is 0. The van der Waals surface area contributed by atoms with Crippen LogP contribution in [-0.4, -0.2) is 57.3 Å². The third kappa shape index (κ3) is 40.5. The number of amides is 1. The SMILES string of the molecule is CCCCCCCCCCCCCCCCCCCCCCCCCCCCCCCCCCCCC(O)C(=O)NC(CO)C(O)C(O)CCCCCCCCC. The van der Waals surface area contributed by atoms with Crippen molar-refractivity contribution in [3.8, 4) is 0 Å². The number of aliphatic hydroxyl groups is 4. The highest BCUT2D eigenvalue weighted by atomic mass is 16.3. The second-order valence-corrected chi connectivity index (χ2v) is 18.2. The van der Waals surface area contributed by atoms with E-state index in [-0.39, 0.29) is 0 Å². The van der Waals surface area contributed by atoms with Crippen LogP contribution in [0.25, 0.3) is 0 Å². The first-order valence-electron chi connectivity index (χ1n) is 25.9. The minimum Gasteiger partial charge on any atom is -0.394 e. The van der Waals surface area contributed by atoms with Gasteiger partial charge in [-0.1, -0.05) is 277 Å². The fraction of sp³-hybridized carbons (Fsp3) is 0.980. The summed E-state index contributed by atoms with van der Waals surface area (Å²) in [5, 5.41) is 43.4. The lowest BCUT2D eigenvalue weighted by Crippen LogP contribution is -2.53. The molecular weight excluding hydrogens is 707 g/mol. The Morgan fingerprint density at radius 1 is 0.368 bits per heavy atom. The number of hydrogen-bond acceptors (Lipinski definition) is 5. The Balaban J connectivity index is 3.42. The third-order valence-corrected chi connectivity index (χ3v) is 12.6. The second-order valence-electron chi connectivity index (χ2n) is 18.2. The first kappa shape index (κ1) is 56.3. The normalized spacial score (nSPS) is 13.9. The van der Waals surface area contributed by atoms with Gasteiger partial charge in [-0.15, -0.1) is 0 Å². The van der Waals surface area contributed by atoms with E-state index in [2.05, 4.69) is 19.2 Å². The highest BCUT2D eigenvalue weighted by Crippen LogP contribution is 2.18. The molecule has 57 heavy (non-hydrogen) atoms. The molecule has 4 atom stereocenters. The molecule has 0 aromatic heterocycles. The predicted molar refractivity (Wildman–Crippen MR) is 247 cm³/mol. The lowest BCUT2D eigenvalue weighted by Gasteiger charge is -2.27. The van der Waals surface area contributed by atoms with Crippen molar-refractivity contribution in [3.63, 3.8) is 0 Å². The summed E-state index contributed by atoms with van der Waals surface area (Å²) in [6, 6.07) is -0.977. The van der Waals surface area contributed by atoms with E-state index in [0.717, 1.165) is 38.5 Å². The van der Waals surface area contributed by atoms with E-state index in [1.807, 2.05) is 0 Å². The maximum Gasteiger partial charge on any atom is 0.249 e. The minimum absolute atomic E-state index is 0.375. The number of nitrogens with one attached hydrogen (secondary N) is 1. The molecule has 6 nitrogen and oxygen atoms in total. The van der Waals surface area contributed by atoms with Gasteiger partial charge in [-0.3, -0.25) is 4.79 Å². The summed E-state index contributed by atoms with van der Waals surface area (Å²) in [7, 11) is 0. The van der Waals surface area contributed by atoms with Crippen molar-refractivity contribution in [2.75, 3.05) is 6.61 Å². The van der Waals surface area contributed by atoms with Gasteiger partial charge in [0.05, 0.1) is 18.8 Å². The van der Waals surface area contributed by atoms with Crippen molar-refractivity contribution in [1.29, 1.82) is 0 Å². The molecule has 4 unspecified atom stereocenters. The second kappa shape index (κ2) is 46.4. The minimum atomic E-state index is -1.25. The Kier molecular flexibility index (Phi) is 45.8. The van der Waals surface area contributed by atoms with Crippen LogP contribution in [0.15, 0.2) is 0 Å². The van der Waals surface area contributed by atoms with E-state index in [1.54, 1.807) is 0 Å². The molecule has 0 spiro atoms. The number of aliphatic hydroxyl groups excluding tert-OH is 4. The van der Waals surface area contributed by atoms with Gasteiger partial charge in [-0.2, -0.15) is 0 Å². The van der Waals surface area contributed by atoms with Gasteiger partial charge in [0, 0.05) is 0 Å². The van der Waals surface area contributed by atoms with Gasteiger partial charge in [0.15, 0.2) is 0 Å². The first-order chi connectivity index (χ1) is 28.0. The van der Waals surface area contributed by atoms with Crippen molar-refractivity contribution in [2.24, 2.45) is 0 Å². The van der Waals surface area contributed by atoms with E-state index in [4.69, 9.17) is 0 Å². The number of unbranched alkanes of at least 4 members (excludes halogenated alkanes) is 39. The molecule has 0 saturated heterocycles. The lowest BCUT2D eigenvalue weighted by atomic mass is 9.99. The van der Waals surface area contributed by atoms with E-state index in [1.165, 1.54) is 225 Å². The molecule has 0 fully saturated rings. The van der Waals surface area contributed by atoms with Crippen LogP contribution in [0.3, 0.4) is 0 Å². The Bertz CT molecular complexity index is 781. The summed E-state index contributed by atoms with van der Waals surface area (Å²) in [5.41, 5.74) is 0. The highest BCUT2D eigenvalue weighted by Gasteiger charge is 2.28. The molecule has 0 aliphatic carbocycles. The van der Waals surface area contributed by atoms with Gasteiger partial charge in [-0.25, -0.2) is 0 Å². The van der Waals surface area contributed by atoms with Crippen LogP contribution in [0.5, 0.6) is 0 Å². The summed E-state index contributed by atoms with van der Waals surface area (Å²) < 4.78 is 0. The lowest BCUT2D eigenvalue weighted by molar-refractivity contribution is -0.132. The quantitative estimate of drug-likeness (QED) is 0.0393. The van der Waals surface area contributed by atoms with Gasteiger partial charge >= 0.3 is 0 Å². The van der Waals surface area contributed by atoms with Crippen LogP contribution in [-0.2, 0) is 4.79 Å². The Labute approximate surface area is 356 Å². The van der Waals surface area contributed by atoms with E-state index in [0.29, 0.717) is 12.8 Å². The Hall–Kier alpha value is -0.690. The van der Waals surface area contributed by atoms with Crippen LogP contribution in [0.1, 0.15) is 290 Å². The van der Waals surface area contributed by atoms with Crippen LogP contribution in [0.2, 0.25) is 0 Å². The van der Waals surface area contributed by atoms with E-state index in [9.17, 15) is 25.2 Å². The largest absolute Gasteiger partial charge is 0.394 e. The van der Waals surface area contributed by atoms with E-state index >= 15 is 0 Å². The van der Waals surface area contributed by atoms with Crippen molar-refractivity contribution in [2.45, 2.75) is 314 Å². The molecule has 6 heteroatoms. The maximum absolute atomic E-state index is 12.5. The third-order valence-electron chi connectivity index (χ3n) is 12.6. The van der Waals surface area contributed by atoms with E-state index < -0.39 is 36.9 Å². The number of hydrogen-bond donors (Lipinski definition) is 5. The van der Waals surface area contributed by atoms with Gasteiger partial charge in [0.2, 0.25) is 5.91 Å². The zero-order chi connectivity index (χ0) is 41.7. The average molecular weight is 810 g/mol. The Morgan fingerprint density at radius 3 is 0.842 bits per heavy atom. The van der Waals surface area contributed by atoms with Crippen molar-refractivity contribution >= 4 is 5.91 Å². The number of rotatable bonds is 48. The number of carbonyl (C=O) groups excluding carboxylic acids is 1. The van der Waals surface area contributed by atoms with Crippen LogP contribution in [0, 0.1) is 0 Å². The number of carbonyl (C=O) groups is 1. The van der Waals surface area contributed by atoms with Crippen molar-refractivity contribution < 1.29 is 25.2 Å². The Morgan fingerprint density at radius 2 is 0.596 bits per heavy atom. The molecule has 0 rings (SSSR count). The van der Waals surface area contributed by atoms with Crippen LogP contribution >= 0.6 is 0 Å². The van der Waals surface area contributed by atoms with Crippen molar-refractivity contribution in [1.82, 2.24) is 5.32 Å². The molecule has 0 aliphatic rings. The monoisotopic (exact) mass is 810 g/mol. The molecule has 0 heterocycles. The summed E-state index contributed by atoms with van der Waals surface area (Å²) in [4.78, 5) is 12.5. The molecule has 0 bridgehead atoms. The molecule has 0 aliphatic heterocycles. The van der Waals surface area contributed by atoms with Gasteiger partial charge in [-0.05, 0) is 12.8 Å². The molecule has 0 saturated carbocycles. The van der Waals surface area contributed by atoms with Gasteiger partial charge in [0.1, 0.15) is 12.2 Å². The summed E-state index contributed by atoms with van der Waals surface area (Å²) in [6.07, 6.45) is 52.1. The fourth-order valence-corrected chi connectivity index (χ4v) is 8.47. The highest BCUT2D eigenvalue weighted by molar-refractivity contribution is 5.80. The zero-order valence-corrected chi connectivity index (χ0v) is 38.6. The van der Waals surface area contributed by atoms with Crippen LogP contribution in [0.4, 0.5) is 0 Å². The molecule has 1 amide bonds. The standard InChI is InChI=1S/C51H103NO5/c1-3-5-7-9-11-12-13-14-15-16-17-18-19-20-21-22-23-24-25-26-27-28-29-30-31-32-33-34-35-36-37-39-41-43-45-49(55)51(57)52-47(46-53)50(56)48(54)44-42-40-38-10-8-6-4-2/h47-50,53-56H,3-46H2,1-2H3,(H,52,57). The zero-order valence-electron chi connectivity index (χ0n) is 38.6. The van der Waals surface area contributed by atoms with Gasteiger partial charge < -0.3 is 25.7 Å². The first-order valence-corrected chi connectivity index (χ1v) is 25.9. The maximum atomic E-state index is 12.5. The smallest absolute Gasteiger partial charge is 0.249 e. The van der Waals surface area contributed by atoms with Gasteiger partial charge in [0.25, 0.3) is 0 Å². The molecular formula is C51H103NO5. The average Bonchev–Trinajstić information content (AvgIpc) is 3.22. The topological polar surface area (TPSA) is 110 Å². The van der Waals surface area contributed by atoms with Crippen LogP contribution < -0.4 is 5.32 Å². The van der Waals surface area contributed by atoms with Crippen molar-refractivity contribution in [3.05, 3.63) is 0 Å². The molecule has 0 aromatic carbocycles. The fourth-order valence-electron chi connectivity index (χ4n) is 8.47. The molecule has 5 N–H and O–H groups in total. The predicted octanol–water partition coefficient (Wildman–Crippen LogP) is 14.4. The molecule has 0 aromatic rings.